The molecule has 0 aromatic rings. The van der Waals surface area contributed by atoms with Gasteiger partial charge in [0.2, 0.25) is 5.60 Å². The summed E-state index contributed by atoms with van der Waals surface area (Å²) in [4.78, 5) is 10.6. The second-order valence-corrected chi connectivity index (χ2v) is 3.62. The quantitative estimate of drug-likeness (QED) is 0.205. The van der Waals surface area contributed by atoms with Crippen molar-refractivity contribution < 1.29 is 50.8 Å². The zero-order valence-corrected chi connectivity index (χ0v) is 8.01. The van der Waals surface area contributed by atoms with E-state index in [4.69, 9.17) is 30.6 Å². The van der Waals surface area contributed by atoms with E-state index in [0.717, 1.165) is 0 Å². The molecule has 0 radical (unpaired) electrons. The van der Waals surface area contributed by atoms with Crippen LogP contribution < -0.4 is 0 Å². The maximum absolute atomic E-state index is 10.6. The normalized spacial score (nSPS) is 33.9. The first-order chi connectivity index (χ1) is 7.32. The second kappa shape index (κ2) is 3.14. The fourth-order valence-electron chi connectivity index (χ4n) is 1.30. The highest BCUT2D eigenvalue weighted by atomic mass is 16.7. The van der Waals surface area contributed by atoms with Gasteiger partial charge in [0, 0.05) is 6.08 Å². The first-order valence-corrected chi connectivity index (χ1v) is 4.04. The molecule has 0 aromatic carbocycles. The molecular formula is C7H10O10. The van der Waals surface area contributed by atoms with Crippen molar-refractivity contribution >= 4 is 5.97 Å². The molecule has 9 N–H and O–H groups in total. The summed E-state index contributed by atoms with van der Waals surface area (Å²) < 4.78 is 0. The molecule has 0 bridgehead atoms. The largest absolute Gasteiger partial charge is 0.507 e. The molecule has 1 aliphatic rings. The smallest absolute Gasteiger partial charge is 0.345 e. The van der Waals surface area contributed by atoms with Gasteiger partial charge in [-0.05, 0) is 0 Å². The molecule has 1 unspecified atom stereocenters. The summed E-state index contributed by atoms with van der Waals surface area (Å²) in [6, 6.07) is 0. The van der Waals surface area contributed by atoms with E-state index in [1.807, 2.05) is 0 Å². The topological polar surface area (TPSA) is 199 Å². The predicted molar refractivity (Wildman–Crippen MR) is 44.8 cm³/mol. The average molecular weight is 254 g/mol. The summed E-state index contributed by atoms with van der Waals surface area (Å²) in [5.41, 5.74) is -3.77. The van der Waals surface area contributed by atoms with E-state index in [1.54, 1.807) is 0 Å². The number of hydrogen-bond donors (Lipinski definition) is 9. The Morgan fingerprint density at radius 2 is 1.35 bits per heavy atom. The molecular weight excluding hydrogens is 244 g/mol. The van der Waals surface area contributed by atoms with Crippen molar-refractivity contribution in [2.45, 2.75) is 23.0 Å². The van der Waals surface area contributed by atoms with Gasteiger partial charge in [0.25, 0.3) is 17.4 Å². The lowest BCUT2D eigenvalue weighted by atomic mass is 9.76. The van der Waals surface area contributed by atoms with Crippen LogP contribution in [0.4, 0.5) is 0 Å². The summed E-state index contributed by atoms with van der Waals surface area (Å²) in [6.07, 6.45) is -0.250. The number of hydrogen-bond acceptors (Lipinski definition) is 9. The first kappa shape index (κ1) is 13.8. The summed E-state index contributed by atoms with van der Waals surface area (Å²) in [5, 5.41) is 81.6. The number of aliphatic hydroxyl groups excluding tert-OH is 1. The molecule has 98 valence electrons. The minimum atomic E-state index is -4.37. The Morgan fingerprint density at radius 3 is 1.71 bits per heavy atom. The van der Waals surface area contributed by atoms with Crippen molar-refractivity contribution in [3.63, 3.8) is 0 Å². The van der Waals surface area contributed by atoms with E-state index in [-0.39, 0.29) is 6.08 Å². The van der Waals surface area contributed by atoms with Crippen LogP contribution in [0.3, 0.4) is 0 Å². The van der Waals surface area contributed by atoms with Crippen molar-refractivity contribution in [3.05, 3.63) is 11.8 Å². The van der Waals surface area contributed by atoms with Crippen molar-refractivity contribution in [1.29, 1.82) is 0 Å². The Kier molecular flexibility index (Phi) is 2.55. The fraction of sp³-hybridized carbons (Fsp3) is 0.571. The highest BCUT2D eigenvalue weighted by Crippen LogP contribution is 2.44. The van der Waals surface area contributed by atoms with Crippen molar-refractivity contribution in [3.8, 4) is 0 Å². The third-order valence-electron chi connectivity index (χ3n) is 2.53. The highest BCUT2D eigenvalue weighted by Gasteiger charge is 2.76. The molecule has 1 atom stereocenters. The van der Waals surface area contributed by atoms with Gasteiger partial charge in [-0.1, -0.05) is 0 Å². The highest BCUT2D eigenvalue weighted by molar-refractivity contribution is 5.82. The number of carboxylic acid groups (broad SMARTS) is 1. The number of rotatable bonds is 1. The lowest BCUT2D eigenvalue weighted by Gasteiger charge is -2.49. The Labute approximate surface area is 92.5 Å². The van der Waals surface area contributed by atoms with Crippen molar-refractivity contribution in [2.75, 3.05) is 0 Å². The minimum absolute atomic E-state index is 0.250. The van der Waals surface area contributed by atoms with E-state index in [1.165, 1.54) is 0 Å². The van der Waals surface area contributed by atoms with Crippen molar-refractivity contribution in [1.82, 2.24) is 0 Å². The standard InChI is InChI=1S/C7H10O10/c8-2-1-4(11,3(9)10)6(14,15)7(16,17)5(2,12)13/h1,8,11-17H,(H,9,10). The monoisotopic (exact) mass is 254 g/mol. The molecule has 0 aliphatic heterocycles. The summed E-state index contributed by atoms with van der Waals surface area (Å²) in [5.74, 6) is -16.8. The van der Waals surface area contributed by atoms with Crippen LogP contribution in [0.5, 0.6) is 0 Å². The van der Waals surface area contributed by atoms with Gasteiger partial charge in [0.1, 0.15) is 0 Å². The first-order valence-electron chi connectivity index (χ1n) is 4.04. The molecule has 0 aromatic heterocycles. The van der Waals surface area contributed by atoms with Crippen LogP contribution in [0, 0.1) is 0 Å². The molecule has 10 nitrogen and oxygen atoms in total. The minimum Gasteiger partial charge on any atom is -0.507 e. The Balaban J connectivity index is 3.63. The van der Waals surface area contributed by atoms with Gasteiger partial charge < -0.3 is 46.0 Å². The molecule has 0 heterocycles. The molecule has 0 saturated carbocycles. The Hall–Kier alpha value is -1.27. The predicted octanol–water partition coefficient (Wildman–Crippen LogP) is -4.70. The van der Waals surface area contributed by atoms with Gasteiger partial charge in [-0.3, -0.25) is 0 Å². The molecule has 1 aliphatic carbocycles. The van der Waals surface area contributed by atoms with Gasteiger partial charge in [-0.25, -0.2) is 4.79 Å². The summed E-state index contributed by atoms with van der Waals surface area (Å²) in [7, 11) is 0. The van der Waals surface area contributed by atoms with Crippen LogP contribution in [0.1, 0.15) is 0 Å². The van der Waals surface area contributed by atoms with Crippen LogP contribution in [0.15, 0.2) is 11.8 Å². The van der Waals surface area contributed by atoms with Crippen LogP contribution in [-0.2, 0) is 4.79 Å². The van der Waals surface area contributed by atoms with Crippen molar-refractivity contribution in [2.24, 2.45) is 0 Å². The van der Waals surface area contributed by atoms with Crippen LogP contribution >= 0.6 is 0 Å². The molecule has 17 heavy (non-hydrogen) atoms. The Morgan fingerprint density at radius 1 is 0.941 bits per heavy atom. The number of carboxylic acids is 1. The van der Waals surface area contributed by atoms with E-state index < -0.39 is 34.7 Å². The lowest BCUT2D eigenvalue weighted by molar-refractivity contribution is -0.473. The zero-order valence-electron chi connectivity index (χ0n) is 8.01. The maximum atomic E-state index is 10.6. The van der Waals surface area contributed by atoms with Crippen LogP contribution in [0.25, 0.3) is 0 Å². The van der Waals surface area contributed by atoms with Crippen LogP contribution in [0.2, 0.25) is 0 Å². The van der Waals surface area contributed by atoms with E-state index in [2.05, 4.69) is 0 Å². The van der Waals surface area contributed by atoms with E-state index >= 15 is 0 Å². The second-order valence-electron chi connectivity index (χ2n) is 3.62. The third kappa shape index (κ3) is 1.31. The third-order valence-corrected chi connectivity index (χ3v) is 2.53. The van der Waals surface area contributed by atoms with Gasteiger partial charge in [0.15, 0.2) is 5.76 Å². The number of aliphatic hydroxyl groups is 8. The van der Waals surface area contributed by atoms with Crippen LogP contribution in [-0.4, -0.2) is 74.9 Å². The zero-order chi connectivity index (χ0) is 13.9. The molecule has 1 rings (SSSR count). The maximum Gasteiger partial charge on any atom is 0.345 e. The average Bonchev–Trinajstić information content (AvgIpc) is 2.14. The molecule has 10 heteroatoms. The summed E-state index contributed by atoms with van der Waals surface area (Å²) >= 11 is 0. The van der Waals surface area contributed by atoms with E-state index in [0.29, 0.717) is 0 Å². The molecule has 0 saturated heterocycles. The SMILES string of the molecule is O=C(O)C1(O)C=C(O)C(O)(O)C(O)(O)C1(O)O. The molecule has 0 fully saturated rings. The van der Waals surface area contributed by atoms with Gasteiger partial charge >= 0.3 is 5.97 Å². The number of carbonyl (C=O) groups is 1. The number of aliphatic carboxylic acids is 1. The lowest BCUT2D eigenvalue weighted by Crippen LogP contribution is -2.80. The van der Waals surface area contributed by atoms with E-state index in [9.17, 15) is 20.1 Å². The van der Waals surface area contributed by atoms with Gasteiger partial charge in [0.05, 0.1) is 0 Å². The molecule has 0 amide bonds. The Bertz CT molecular complexity index is 393. The summed E-state index contributed by atoms with van der Waals surface area (Å²) in [6.45, 7) is 0. The molecule has 0 spiro atoms. The fourth-order valence-corrected chi connectivity index (χ4v) is 1.30. The van der Waals surface area contributed by atoms with Gasteiger partial charge in [-0.2, -0.15) is 0 Å². The van der Waals surface area contributed by atoms with Gasteiger partial charge in [-0.15, -0.1) is 0 Å².